The van der Waals surface area contributed by atoms with Gasteiger partial charge in [-0.3, -0.25) is 0 Å². The minimum Gasteiger partial charge on any atom is -0.214 e. The summed E-state index contributed by atoms with van der Waals surface area (Å²) in [7, 11) is 0. The molecule has 0 N–H and O–H groups in total. The average molecular weight is 178 g/mol. The summed E-state index contributed by atoms with van der Waals surface area (Å²) in [6.45, 7) is 0. The number of hydrogen-bond acceptors (Lipinski definition) is 0. The molecule has 0 bridgehead atoms. The third-order valence-corrected chi connectivity index (χ3v) is 1.11. The van der Waals surface area contributed by atoms with E-state index in [0.717, 1.165) is 0 Å². The molecule has 1 heteroatoms. The van der Waals surface area contributed by atoms with E-state index in [4.69, 9.17) is 0 Å². The predicted molar refractivity (Wildman–Crippen MR) is 44.1 cm³/mol. The van der Waals surface area contributed by atoms with Crippen LogP contribution >= 0.6 is 0 Å². The minimum absolute atomic E-state index is 0. The molecule has 0 heterocycles. The molecule has 2 aromatic carbocycles. The zero-order valence-electron chi connectivity index (χ0n) is 6.27. The van der Waals surface area contributed by atoms with E-state index >= 15 is 0 Å². The molecule has 0 saturated carbocycles. The van der Waals surface area contributed by atoms with E-state index in [1.807, 2.05) is 60.7 Å². The molecule has 0 atom stereocenters. The summed E-state index contributed by atoms with van der Waals surface area (Å²) in [5.74, 6) is 0. The van der Waals surface area contributed by atoms with Crippen LogP contribution < -0.4 is 0 Å². The fourth-order valence-electron chi connectivity index (χ4n) is 0.642. The average Bonchev–Trinajstić information content (AvgIpc) is 2.67. The van der Waals surface area contributed by atoms with Gasteiger partial charge in [0, 0.05) is 0 Å². The van der Waals surface area contributed by atoms with Crippen molar-refractivity contribution in [2.75, 3.05) is 0 Å². The van der Waals surface area contributed by atoms with Crippen LogP contribution in [0.4, 0.5) is 0 Å². The Hall–Kier alpha value is -0.586. The van der Waals surface area contributed by atoms with E-state index < -0.39 is 0 Å². The Bertz CT molecular complexity index is 144. The fourth-order valence-corrected chi connectivity index (χ4v) is 0.642. The fraction of sp³-hybridized carbons (Fsp3) is 0. The molecule has 0 saturated heterocycles. The summed E-state index contributed by atoms with van der Waals surface area (Å²) in [5.41, 5.74) is 0. The van der Waals surface area contributed by atoms with Crippen molar-refractivity contribution in [3.05, 3.63) is 60.7 Å². The molecule has 0 aromatic heterocycles. The van der Waals surface area contributed by atoms with Gasteiger partial charge >= 0.3 is 21.7 Å². The monoisotopic (exact) mass is 178 g/mol. The van der Waals surface area contributed by atoms with Crippen molar-refractivity contribution in [2.24, 2.45) is 0 Å². The van der Waals surface area contributed by atoms with E-state index in [0.29, 0.717) is 0 Å². The molecule has 0 amide bonds. The van der Waals surface area contributed by atoms with Crippen LogP contribution in [-0.2, 0) is 21.7 Å². The van der Waals surface area contributed by atoms with Crippen molar-refractivity contribution in [3.8, 4) is 0 Å². The second kappa shape index (κ2) is 7.52. The molecular formula is C10H10Ti+2. The smallest absolute Gasteiger partial charge is 0.214 e. The van der Waals surface area contributed by atoms with E-state index in [9.17, 15) is 0 Å². The van der Waals surface area contributed by atoms with Gasteiger partial charge in [0.25, 0.3) is 0 Å². The predicted octanol–water partition coefficient (Wildman–Crippen LogP) is 2.81. The summed E-state index contributed by atoms with van der Waals surface area (Å²) in [4.78, 5) is 0. The number of hydrogen-bond donors (Lipinski definition) is 0. The van der Waals surface area contributed by atoms with E-state index in [-0.39, 0.29) is 21.7 Å². The zero-order chi connectivity index (χ0) is 7.07. The molecule has 0 radical (unpaired) electrons. The molecule has 52 valence electrons. The minimum atomic E-state index is 0. The van der Waals surface area contributed by atoms with Crippen LogP contribution in [0, 0.1) is 0 Å². The van der Waals surface area contributed by atoms with Crippen LogP contribution in [0.2, 0.25) is 0 Å². The van der Waals surface area contributed by atoms with Gasteiger partial charge < -0.3 is 0 Å². The van der Waals surface area contributed by atoms with E-state index in [2.05, 4.69) is 0 Å². The summed E-state index contributed by atoms with van der Waals surface area (Å²) >= 11 is 0. The second-order valence-corrected chi connectivity index (χ2v) is 1.92. The molecule has 0 aliphatic heterocycles. The van der Waals surface area contributed by atoms with Gasteiger partial charge in [-0.2, -0.15) is 36.4 Å². The van der Waals surface area contributed by atoms with Crippen molar-refractivity contribution in [1.29, 1.82) is 0 Å². The maximum absolute atomic E-state index is 2.00. The van der Waals surface area contributed by atoms with Crippen LogP contribution in [0.3, 0.4) is 0 Å². The van der Waals surface area contributed by atoms with Crippen molar-refractivity contribution in [2.45, 2.75) is 0 Å². The Morgan fingerprint density at radius 1 is 0.545 bits per heavy atom. The Balaban J connectivity index is 0.000000167. The van der Waals surface area contributed by atoms with Gasteiger partial charge in [-0.05, 0) is 0 Å². The van der Waals surface area contributed by atoms with Crippen molar-refractivity contribution < 1.29 is 21.7 Å². The molecule has 0 fully saturated rings. The molecule has 0 unspecified atom stereocenters. The van der Waals surface area contributed by atoms with Gasteiger partial charge in [0.2, 0.25) is 0 Å². The standard InChI is InChI=1S/2C5H5.Ti/c2*1-2-4-5-3-1;/h2*1-5H;/q2*-1;+4. The Morgan fingerprint density at radius 3 is 0.909 bits per heavy atom. The molecule has 2 aromatic rings. The maximum atomic E-state index is 2.00. The first-order valence-electron chi connectivity index (χ1n) is 3.33. The first kappa shape index (κ1) is 10.4. The zero-order valence-corrected chi connectivity index (χ0v) is 7.84. The normalized spacial score (nSPS) is 7.27. The molecule has 0 spiro atoms. The first-order chi connectivity index (χ1) is 5.00. The van der Waals surface area contributed by atoms with Crippen LogP contribution in [0.5, 0.6) is 0 Å². The van der Waals surface area contributed by atoms with Gasteiger partial charge in [-0.15, -0.1) is 0 Å². The van der Waals surface area contributed by atoms with Gasteiger partial charge in [0.15, 0.2) is 0 Å². The Kier molecular flexibility index (Phi) is 7.12. The van der Waals surface area contributed by atoms with Crippen LogP contribution in [0.1, 0.15) is 0 Å². The summed E-state index contributed by atoms with van der Waals surface area (Å²) in [5, 5.41) is 0. The maximum Gasteiger partial charge on any atom is 4.00 e. The molecule has 11 heavy (non-hydrogen) atoms. The van der Waals surface area contributed by atoms with Gasteiger partial charge in [-0.25, -0.2) is 24.3 Å². The van der Waals surface area contributed by atoms with E-state index in [1.165, 1.54) is 0 Å². The quantitative estimate of drug-likeness (QED) is 0.429. The van der Waals surface area contributed by atoms with Crippen molar-refractivity contribution in [3.63, 3.8) is 0 Å². The first-order valence-corrected chi connectivity index (χ1v) is 3.33. The topological polar surface area (TPSA) is 0 Å². The molecule has 0 nitrogen and oxygen atoms in total. The SMILES string of the molecule is [Ti+4].c1cc[cH-]c1.c1cc[cH-]c1. The Labute approximate surface area is 82.5 Å². The van der Waals surface area contributed by atoms with E-state index in [1.54, 1.807) is 0 Å². The van der Waals surface area contributed by atoms with Gasteiger partial charge in [0.1, 0.15) is 0 Å². The van der Waals surface area contributed by atoms with Crippen LogP contribution in [0.15, 0.2) is 60.7 Å². The summed E-state index contributed by atoms with van der Waals surface area (Å²) < 4.78 is 0. The van der Waals surface area contributed by atoms with Crippen LogP contribution in [-0.4, -0.2) is 0 Å². The van der Waals surface area contributed by atoms with Crippen molar-refractivity contribution >= 4 is 0 Å². The van der Waals surface area contributed by atoms with Gasteiger partial charge in [-0.1, -0.05) is 0 Å². The largest absolute Gasteiger partial charge is 4.00 e. The van der Waals surface area contributed by atoms with Crippen LogP contribution in [0.25, 0.3) is 0 Å². The van der Waals surface area contributed by atoms with Crippen molar-refractivity contribution in [1.82, 2.24) is 0 Å². The molecule has 2 rings (SSSR count). The molecular weight excluding hydrogens is 168 g/mol. The summed E-state index contributed by atoms with van der Waals surface area (Å²) in [6.07, 6.45) is 0. The summed E-state index contributed by atoms with van der Waals surface area (Å²) in [6, 6.07) is 20.0. The Morgan fingerprint density at radius 2 is 0.818 bits per heavy atom. The second-order valence-electron chi connectivity index (χ2n) is 1.92. The third-order valence-electron chi connectivity index (χ3n) is 1.11. The molecule has 0 aliphatic carbocycles. The molecule has 0 aliphatic rings. The van der Waals surface area contributed by atoms with Gasteiger partial charge in [0.05, 0.1) is 0 Å². The number of rotatable bonds is 0. The third kappa shape index (κ3) is 5.84.